The van der Waals surface area contributed by atoms with Gasteiger partial charge in [-0.15, -0.1) is 4.91 Å². The molecule has 4 heteroatoms. The van der Waals surface area contributed by atoms with Crippen molar-refractivity contribution in [1.29, 1.82) is 0 Å². The zero-order valence-corrected chi connectivity index (χ0v) is 7.98. The van der Waals surface area contributed by atoms with Crippen molar-refractivity contribution in [3.8, 4) is 0 Å². The molecule has 2 heterocycles. The van der Waals surface area contributed by atoms with Crippen molar-refractivity contribution >= 4 is 0 Å². The van der Waals surface area contributed by atoms with E-state index >= 15 is 0 Å². The van der Waals surface area contributed by atoms with E-state index in [0.29, 0.717) is 6.04 Å². The molecule has 0 aromatic carbocycles. The van der Waals surface area contributed by atoms with Crippen LogP contribution in [0.1, 0.15) is 25.7 Å². The van der Waals surface area contributed by atoms with Crippen LogP contribution >= 0.6 is 0 Å². The van der Waals surface area contributed by atoms with Gasteiger partial charge in [0.25, 0.3) is 0 Å². The fraction of sp³-hybridized carbons (Fsp3) is 1.00. The van der Waals surface area contributed by atoms with E-state index in [1.54, 1.807) is 5.01 Å². The summed E-state index contributed by atoms with van der Waals surface area (Å²) in [7, 11) is 0. The normalized spacial score (nSPS) is 29.8. The van der Waals surface area contributed by atoms with E-state index in [2.05, 4.69) is 10.2 Å². The maximum atomic E-state index is 10.4. The summed E-state index contributed by atoms with van der Waals surface area (Å²) in [5.74, 6) is 0. The van der Waals surface area contributed by atoms with Gasteiger partial charge < -0.3 is 4.90 Å². The van der Waals surface area contributed by atoms with Crippen molar-refractivity contribution in [2.24, 2.45) is 5.29 Å². The van der Waals surface area contributed by atoms with Crippen LogP contribution in [0, 0.1) is 4.91 Å². The van der Waals surface area contributed by atoms with Gasteiger partial charge in [0, 0.05) is 13.1 Å². The molecule has 0 spiro atoms. The van der Waals surface area contributed by atoms with Gasteiger partial charge >= 0.3 is 0 Å². The van der Waals surface area contributed by atoms with E-state index in [9.17, 15) is 4.91 Å². The monoisotopic (exact) mass is 183 g/mol. The molecular weight excluding hydrogens is 166 g/mol. The molecule has 2 aliphatic rings. The first-order valence-electron chi connectivity index (χ1n) is 5.22. The first kappa shape index (κ1) is 8.94. The zero-order chi connectivity index (χ0) is 9.10. The molecular formula is C9H17N3O. The highest BCUT2D eigenvalue weighted by Gasteiger charge is 2.27. The molecule has 0 aromatic rings. The average Bonchev–Trinajstić information content (AvgIpc) is 2.76. The standard InChI is InChI=1S/C9H17N3O/c13-10-12-7-3-4-9(12)8-11-5-1-2-6-11/h9H,1-8H2/t9-/m0/s1. The van der Waals surface area contributed by atoms with Crippen LogP contribution < -0.4 is 0 Å². The van der Waals surface area contributed by atoms with Gasteiger partial charge in [0.05, 0.1) is 11.3 Å². The SMILES string of the molecule is O=NN1CCC[C@H]1CN1CCCC1. The van der Waals surface area contributed by atoms with Crippen molar-refractivity contribution < 1.29 is 0 Å². The fourth-order valence-corrected chi connectivity index (χ4v) is 2.38. The van der Waals surface area contributed by atoms with Crippen molar-refractivity contribution in [2.45, 2.75) is 31.7 Å². The Bertz CT molecular complexity index is 180. The van der Waals surface area contributed by atoms with E-state index in [1.165, 1.54) is 25.9 Å². The van der Waals surface area contributed by atoms with Gasteiger partial charge in [-0.3, -0.25) is 5.01 Å². The Kier molecular flexibility index (Phi) is 2.78. The number of hydrogen-bond acceptors (Lipinski definition) is 3. The Morgan fingerprint density at radius 1 is 1.15 bits per heavy atom. The fourth-order valence-electron chi connectivity index (χ4n) is 2.38. The third-order valence-corrected chi connectivity index (χ3v) is 3.12. The topological polar surface area (TPSA) is 35.9 Å². The predicted molar refractivity (Wildman–Crippen MR) is 51.2 cm³/mol. The summed E-state index contributed by atoms with van der Waals surface area (Å²) >= 11 is 0. The van der Waals surface area contributed by atoms with Crippen molar-refractivity contribution in [1.82, 2.24) is 9.91 Å². The van der Waals surface area contributed by atoms with Gasteiger partial charge in [-0.25, -0.2) is 0 Å². The molecule has 0 saturated carbocycles. The second-order valence-electron chi connectivity index (χ2n) is 4.05. The molecule has 2 fully saturated rings. The van der Waals surface area contributed by atoms with E-state index < -0.39 is 0 Å². The summed E-state index contributed by atoms with van der Waals surface area (Å²) < 4.78 is 0. The predicted octanol–water partition coefficient (Wildman–Crippen LogP) is 1.23. The molecule has 0 radical (unpaired) electrons. The first-order chi connectivity index (χ1) is 6.40. The number of hydrogen-bond donors (Lipinski definition) is 0. The Morgan fingerprint density at radius 3 is 2.62 bits per heavy atom. The molecule has 74 valence electrons. The molecule has 0 aromatic heterocycles. The van der Waals surface area contributed by atoms with Crippen LogP contribution in [0.15, 0.2) is 5.29 Å². The lowest BCUT2D eigenvalue weighted by molar-refractivity contribution is 0.195. The van der Waals surface area contributed by atoms with Gasteiger partial charge in [0.2, 0.25) is 0 Å². The molecule has 0 unspecified atom stereocenters. The Hall–Kier alpha value is -0.640. The van der Waals surface area contributed by atoms with Crippen molar-refractivity contribution in [2.75, 3.05) is 26.2 Å². The number of rotatable bonds is 3. The average molecular weight is 183 g/mol. The highest BCUT2D eigenvalue weighted by Crippen LogP contribution is 2.19. The molecule has 0 aliphatic carbocycles. The van der Waals surface area contributed by atoms with Crippen molar-refractivity contribution in [3.63, 3.8) is 0 Å². The van der Waals surface area contributed by atoms with Crippen molar-refractivity contribution in [3.05, 3.63) is 4.91 Å². The lowest BCUT2D eigenvalue weighted by Crippen LogP contribution is -2.36. The van der Waals surface area contributed by atoms with E-state index in [1.807, 2.05) is 0 Å². The van der Waals surface area contributed by atoms with E-state index in [-0.39, 0.29) is 0 Å². The van der Waals surface area contributed by atoms with Gasteiger partial charge in [-0.05, 0) is 38.8 Å². The molecule has 1 atom stereocenters. The second kappa shape index (κ2) is 4.05. The Labute approximate surface area is 78.8 Å². The van der Waals surface area contributed by atoms with Gasteiger partial charge in [-0.1, -0.05) is 0 Å². The third kappa shape index (κ3) is 1.99. The van der Waals surface area contributed by atoms with Crippen LogP contribution in [0.2, 0.25) is 0 Å². The zero-order valence-electron chi connectivity index (χ0n) is 7.98. The van der Waals surface area contributed by atoms with E-state index in [0.717, 1.165) is 25.9 Å². The Balaban J connectivity index is 1.82. The summed E-state index contributed by atoms with van der Waals surface area (Å²) in [5, 5.41) is 4.79. The Morgan fingerprint density at radius 2 is 1.92 bits per heavy atom. The van der Waals surface area contributed by atoms with Gasteiger partial charge in [0.15, 0.2) is 0 Å². The number of likely N-dealkylation sites (tertiary alicyclic amines) is 1. The summed E-state index contributed by atoms with van der Waals surface area (Å²) in [6.07, 6.45) is 4.91. The summed E-state index contributed by atoms with van der Waals surface area (Å²) in [4.78, 5) is 12.9. The maximum Gasteiger partial charge on any atom is 0.0630 e. The molecule has 0 amide bonds. The van der Waals surface area contributed by atoms with Crippen LogP contribution in [0.3, 0.4) is 0 Å². The van der Waals surface area contributed by atoms with Crippen LogP contribution in [0.25, 0.3) is 0 Å². The quantitative estimate of drug-likeness (QED) is 0.617. The molecule has 0 bridgehead atoms. The van der Waals surface area contributed by atoms with E-state index in [4.69, 9.17) is 0 Å². The summed E-state index contributed by atoms with van der Waals surface area (Å²) in [6.45, 7) is 4.33. The smallest absolute Gasteiger partial charge is 0.0630 e. The molecule has 2 aliphatic heterocycles. The maximum absolute atomic E-state index is 10.4. The number of nitrogens with zero attached hydrogens (tertiary/aromatic N) is 3. The highest BCUT2D eigenvalue weighted by atomic mass is 16.3. The minimum Gasteiger partial charge on any atom is -0.301 e. The molecule has 2 saturated heterocycles. The molecule has 0 N–H and O–H groups in total. The molecule has 2 rings (SSSR count). The first-order valence-corrected chi connectivity index (χ1v) is 5.22. The number of nitroso groups, excluding NO2 is 1. The highest BCUT2D eigenvalue weighted by molar-refractivity contribution is 4.81. The molecule has 4 nitrogen and oxygen atoms in total. The van der Waals surface area contributed by atoms with Crippen LogP contribution in [-0.2, 0) is 0 Å². The minimum atomic E-state index is 0.399. The second-order valence-corrected chi connectivity index (χ2v) is 4.05. The van der Waals surface area contributed by atoms with Gasteiger partial charge in [-0.2, -0.15) is 0 Å². The largest absolute Gasteiger partial charge is 0.301 e. The summed E-state index contributed by atoms with van der Waals surface area (Å²) in [5.41, 5.74) is 0. The van der Waals surface area contributed by atoms with Crippen LogP contribution in [0.5, 0.6) is 0 Å². The lowest BCUT2D eigenvalue weighted by Gasteiger charge is -2.23. The molecule has 13 heavy (non-hydrogen) atoms. The van der Waals surface area contributed by atoms with Gasteiger partial charge in [0.1, 0.15) is 0 Å². The lowest BCUT2D eigenvalue weighted by atomic mass is 10.2. The minimum absolute atomic E-state index is 0.399. The van der Waals surface area contributed by atoms with Crippen LogP contribution in [0.4, 0.5) is 0 Å². The summed E-state index contributed by atoms with van der Waals surface area (Å²) in [6, 6.07) is 0.399. The third-order valence-electron chi connectivity index (χ3n) is 3.12. The van der Waals surface area contributed by atoms with Crippen LogP contribution in [-0.4, -0.2) is 42.1 Å².